The number of nitrogens with one attached hydrogen (secondary N) is 1. The maximum absolute atomic E-state index is 12.5. The lowest BCUT2D eigenvalue weighted by molar-refractivity contribution is 0.102. The first-order valence-corrected chi connectivity index (χ1v) is 8.17. The van der Waals surface area contributed by atoms with Crippen molar-refractivity contribution in [3.05, 3.63) is 47.4 Å². The van der Waals surface area contributed by atoms with E-state index in [1.807, 2.05) is 32.0 Å². The molecule has 1 aromatic carbocycles. The van der Waals surface area contributed by atoms with Crippen LogP contribution in [-0.2, 0) is 0 Å². The van der Waals surface area contributed by atoms with E-state index in [-0.39, 0.29) is 5.91 Å². The number of rotatable bonds is 3. The van der Waals surface area contributed by atoms with Crippen molar-refractivity contribution in [1.29, 1.82) is 0 Å². The molecule has 24 heavy (non-hydrogen) atoms. The zero-order valence-electron chi connectivity index (χ0n) is 14.4. The summed E-state index contributed by atoms with van der Waals surface area (Å²) in [7, 11) is 2.11. The number of benzene rings is 1. The van der Waals surface area contributed by atoms with Gasteiger partial charge in [-0.3, -0.25) is 4.79 Å². The third-order valence-corrected chi connectivity index (χ3v) is 4.57. The maximum Gasteiger partial charge on any atom is 0.274 e. The maximum atomic E-state index is 12.5. The second-order valence-electron chi connectivity index (χ2n) is 6.25. The minimum atomic E-state index is -0.207. The molecule has 0 unspecified atom stereocenters. The van der Waals surface area contributed by atoms with Gasteiger partial charge in [0.2, 0.25) is 0 Å². The predicted molar refractivity (Wildman–Crippen MR) is 95.6 cm³/mol. The number of likely N-dealkylation sites (N-methyl/N-ethyl adjacent to an activating group) is 1. The molecule has 1 fully saturated rings. The second-order valence-corrected chi connectivity index (χ2v) is 6.25. The van der Waals surface area contributed by atoms with E-state index in [9.17, 15) is 4.79 Å². The molecule has 1 amide bonds. The van der Waals surface area contributed by atoms with E-state index in [4.69, 9.17) is 0 Å². The summed E-state index contributed by atoms with van der Waals surface area (Å²) in [5.74, 6) is 0.602. The number of aryl methyl sites for hydroxylation is 1. The van der Waals surface area contributed by atoms with Gasteiger partial charge in [-0.05, 0) is 38.1 Å². The molecular formula is C18H23N5O. The first-order valence-electron chi connectivity index (χ1n) is 8.17. The molecule has 0 atom stereocenters. The van der Waals surface area contributed by atoms with Crippen LogP contribution in [0.2, 0.25) is 0 Å². The minimum Gasteiger partial charge on any atom is -0.354 e. The van der Waals surface area contributed by atoms with Gasteiger partial charge in [-0.1, -0.05) is 12.1 Å². The Kier molecular flexibility index (Phi) is 4.76. The Morgan fingerprint density at radius 2 is 1.88 bits per heavy atom. The lowest BCUT2D eigenvalue weighted by Gasteiger charge is -2.33. The van der Waals surface area contributed by atoms with Crippen molar-refractivity contribution >= 4 is 17.4 Å². The topological polar surface area (TPSA) is 61.4 Å². The summed E-state index contributed by atoms with van der Waals surface area (Å²) in [5.41, 5.74) is 3.42. The highest BCUT2D eigenvalue weighted by molar-refractivity contribution is 6.03. The van der Waals surface area contributed by atoms with Crippen molar-refractivity contribution in [1.82, 2.24) is 14.9 Å². The van der Waals surface area contributed by atoms with Crippen LogP contribution in [0.5, 0.6) is 0 Å². The van der Waals surface area contributed by atoms with Crippen LogP contribution in [0.15, 0.2) is 30.6 Å². The van der Waals surface area contributed by atoms with Crippen molar-refractivity contribution in [2.45, 2.75) is 13.8 Å². The molecule has 1 N–H and O–H groups in total. The first kappa shape index (κ1) is 16.4. The molecule has 2 heterocycles. The summed E-state index contributed by atoms with van der Waals surface area (Å²) in [4.78, 5) is 25.5. The Bertz CT molecular complexity index is 738. The van der Waals surface area contributed by atoms with Crippen molar-refractivity contribution < 1.29 is 4.79 Å². The predicted octanol–water partition coefficient (Wildman–Crippen LogP) is 2.10. The van der Waals surface area contributed by atoms with E-state index in [2.05, 4.69) is 32.1 Å². The van der Waals surface area contributed by atoms with E-state index in [1.54, 1.807) is 6.07 Å². The normalized spacial score (nSPS) is 15.4. The van der Waals surface area contributed by atoms with Crippen LogP contribution in [0.1, 0.15) is 21.6 Å². The molecule has 1 aliphatic heterocycles. The fourth-order valence-electron chi connectivity index (χ4n) is 2.75. The lowest BCUT2D eigenvalue weighted by Crippen LogP contribution is -2.44. The number of carbonyl (C=O) groups is 1. The Balaban J connectivity index is 1.76. The Morgan fingerprint density at radius 1 is 1.12 bits per heavy atom. The number of nitrogens with zero attached hydrogens (tertiary/aromatic N) is 4. The Morgan fingerprint density at radius 3 is 2.62 bits per heavy atom. The fraction of sp³-hybridized carbons (Fsp3) is 0.389. The third-order valence-electron chi connectivity index (χ3n) is 4.57. The van der Waals surface area contributed by atoms with E-state index in [0.29, 0.717) is 5.69 Å². The van der Waals surface area contributed by atoms with Gasteiger partial charge in [-0.15, -0.1) is 0 Å². The molecule has 1 aliphatic rings. The SMILES string of the molecule is Cc1cccc(NC(=O)c2cc(N3CCN(C)CC3)ncn2)c1C. The zero-order chi connectivity index (χ0) is 17.1. The van der Waals surface area contributed by atoms with Gasteiger partial charge in [0.25, 0.3) is 5.91 Å². The van der Waals surface area contributed by atoms with Crippen molar-refractivity contribution in [3.8, 4) is 0 Å². The number of aromatic nitrogens is 2. The summed E-state index contributed by atoms with van der Waals surface area (Å²) in [5, 5.41) is 2.95. The summed E-state index contributed by atoms with van der Waals surface area (Å²) in [6.45, 7) is 7.83. The highest BCUT2D eigenvalue weighted by atomic mass is 16.1. The Labute approximate surface area is 142 Å². The van der Waals surface area contributed by atoms with Crippen LogP contribution in [0.3, 0.4) is 0 Å². The molecule has 1 saturated heterocycles. The smallest absolute Gasteiger partial charge is 0.274 e. The summed E-state index contributed by atoms with van der Waals surface area (Å²) >= 11 is 0. The van der Waals surface area contributed by atoms with Crippen LogP contribution >= 0.6 is 0 Å². The molecular weight excluding hydrogens is 302 g/mol. The van der Waals surface area contributed by atoms with E-state index < -0.39 is 0 Å². The van der Waals surface area contributed by atoms with Gasteiger partial charge in [-0.25, -0.2) is 9.97 Å². The van der Waals surface area contributed by atoms with Gasteiger partial charge in [0, 0.05) is 37.9 Å². The van der Waals surface area contributed by atoms with Crippen LogP contribution in [-0.4, -0.2) is 54.0 Å². The standard InChI is InChI=1S/C18H23N5O/c1-13-5-4-6-15(14(13)2)21-18(24)16-11-17(20-12-19-16)23-9-7-22(3)8-10-23/h4-6,11-12H,7-10H2,1-3H3,(H,21,24). The van der Waals surface area contributed by atoms with Gasteiger partial charge in [0.15, 0.2) is 0 Å². The fourth-order valence-corrected chi connectivity index (χ4v) is 2.75. The lowest BCUT2D eigenvalue weighted by atomic mass is 10.1. The molecule has 1 aromatic heterocycles. The zero-order valence-corrected chi connectivity index (χ0v) is 14.4. The minimum absolute atomic E-state index is 0.207. The summed E-state index contributed by atoms with van der Waals surface area (Å²) in [6, 6.07) is 7.64. The first-order chi connectivity index (χ1) is 11.5. The largest absolute Gasteiger partial charge is 0.354 e. The van der Waals surface area contributed by atoms with Crippen molar-refractivity contribution in [2.24, 2.45) is 0 Å². The summed E-state index contributed by atoms with van der Waals surface area (Å²) < 4.78 is 0. The van der Waals surface area contributed by atoms with Gasteiger partial charge < -0.3 is 15.1 Å². The molecule has 6 nitrogen and oxygen atoms in total. The van der Waals surface area contributed by atoms with Gasteiger partial charge in [0.05, 0.1) is 0 Å². The van der Waals surface area contributed by atoms with Crippen LogP contribution < -0.4 is 10.2 Å². The number of hydrogen-bond acceptors (Lipinski definition) is 5. The molecule has 0 aliphatic carbocycles. The number of carbonyl (C=O) groups excluding carboxylic acids is 1. The Hall–Kier alpha value is -2.47. The van der Waals surface area contributed by atoms with Gasteiger partial charge in [0.1, 0.15) is 17.8 Å². The molecule has 0 spiro atoms. The molecule has 6 heteroatoms. The average Bonchev–Trinajstić information content (AvgIpc) is 2.60. The molecule has 3 rings (SSSR count). The highest BCUT2D eigenvalue weighted by Crippen LogP contribution is 2.19. The quantitative estimate of drug-likeness (QED) is 0.936. The van der Waals surface area contributed by atoms with Crippen molar-refractivity contribution in [3.63, 3.8) is 0 Å². The van der Waals surface area contributed by atoms with Gasteiger partial charge in [-0.2, -0.15) is 0 Å². The van der Waals surface area contributed by atoms with Gasteiger partial charge >= 0.3 is 0 Å². The monoisotopic (exact) mass is 325 g/mol. The van der Waals surface area contributed by atoms with Crippen LogP contribution in [0.25, 0.3) is 0 Å². The highest BCUT2D eigenvalue weighted by Gasteiger charge is 2.17. The second kappa shape index (κ2) is 6.97. The van der Waals surface area contributed by atoms with E-state index in [0.717, 1.165) is 48.8 Å². The number of anilines is 2. The molecule has 0 radical (unpaired) electrons. The molecule has 126 valence electrons. The van der Waals surface area contributed by atoms with E-state index >= 15 is 0 Å². The van der Waals surface area contributed by atoms with Crippen LogP contribution in [0, 0.1) is 13.8 Å². The average molecular weight is 325 g/mol. The molecule has 2 aromatic rings. The van der Waals surface area contributed by atoms with E-state index in [1.165, 1.54) is 6.33 Å². The molecule has 0 bridgehead atoms. The third kappa shape index (κ3) is 3.54. The number of piperazine rings is 1. The molecule has 0 saturated carbocycles. The van der Waals surface area contributed by atoms with Crippen LogP contribution in [0.4, 0.5) is 11.5 Å². The van der Waals surface area contributed by atoms with Crippen molar-refractivity contribution in [2.75, 3.05) is 43.4 Å². The summed E-state index contributed by atoms with van der Waals surface area (Å²) in [6.07, 6.45) is 1.46. The number of amides is 1. The number of hydrogen-bond donors (Lipinski definition) is 1.